The SMILES string of the molecule is COc1cccc(NC(C)(C(N)=O)C(F)(F)F)c1. The molecule has 0 aliphatic carbocycles. The summed E-state index contributed by atoms with van der Waals surface area (Å²) >= 11 is 0. The van der Waals surface area contributed by atoms with Crippen LogP contribution in [0.15, 0.2) is 24.3 Å². The molecule has 3 N–H and O–H groups in total. The fourth-order valence-corrected chi connectivity index (χ4v) is 1.26. The zero-order chi connectivity index (χ0) is 14.0. The van der Waals surface area contributed by atoms with Crippen LogP contribution in [0.2, 0.25) is 0 Å². The highest BCUT2D eigenvalue weighted by Crippen LogP contribution is 2.33. The van der Waals surface area contributed by atoms with Crippen LogP contribution in [0.25, 0.3) is 0 Å². The first kappa shape index (κ1) is 14.1. The van der Waals surface area contributed by atoms with Gasteiger partial charge in [-0.2, -0.15) is 13.2 Å². The van der Waals surface area contributed by atoms with Crippen LogP contribution in [-0.4, -0.2) is 24.7 Å². The van der Waals surface area contributed by atoms with Crippen LogP contribution in [-0.2, 0) is 4.79 Å². The summed E-state index contributed by atoms with van der Waals surface area (Å²) in [6.07, 6.45) is -4.80. The lowest BCUT2D eigenvalue weighted by atomic mass is 10.0. The third-order valence-corrected chi connectivity index (χ3v) is 2.52. The normalized spacial score (nSPS) is 14.7. The number of hydrogen-bond donors (Lipinski definition) is 2. The van der Waals surface area contributed by atoms with Gasteiger partial charge in [0.15, 0.2) is 0 Å². The van der Waals surface area contributed by atoms with Crippen LogP contribution in [0.1, 0.15) is 6.92 Å². The third-order valence-electron chi connectivity index (χ3n) is 2.52. The molecule has 1 amide bonds. The molecular weight excluding hydrogens is 249 g/mol. The number of primary amides is 1. The van der Waals surface area contributed by atoms with Gasteiger partial charge in [0.1, 0.15) is 5.75 Å². The number of anilines is 1. The van der Waals surface area contributed by atoms with Crippen LogP contribution in [0, 0.1) is 0 Å². The predicted octanol–water partition coefficient (Wildman–Crippen LogP) is 1.91. The molecule has 1 rings (SSSR count). The first-order valence-corrected chi connectivity index (χ1v) is 4.99. The monoisotopic (exact) mass is 262 g/mol. The van der Waals surface area contributed by atoms with Crippen molar-refractivity contribution in [3.05, 3.63) is 24.3 Å². The van der Waals surface area contributed by atoms with E-state index in [0.717, 1.165) is 0 Å². The highest BCUT2D eigenvalue weighted by molar-refractivity contribution is 5.88. The van der Waals surface area contributed by atoms with Gasteiger partial charge in [0.25, 0.3) is 5.91 Å². The number of nitrogens with two attached hydrogens (primary N) is 1. The summed E-state index contributed by atoms with van der Waals surface area (Å²) in [5.41, 5.74) is 2.08. The smallest absolute Gasteiger partial charge is 0.420 e. The molecular formula is C11H13F3N2O2. The number of alkyl halides is 3. The molecule has 0 fully saturated rings. The highest BCUT2D eigenvalue weighted by atomic mass is 19.4. The van der Waals surface area contributed by atoms with Crippen molar-refractivity contribution in [2.24, 2.45) is 5.73 Å². The molecule has 1 aromatic carbocycles. The Kier molecular flexibility index (Phi) is 3.73. The number of amides is 1. The van der Waals surface area contributed by atoms with Gasteiger partial charge in [-0.15, -0.1) is 0 Å². The van der Waals surface area contributed by atoms with Gasteiger partial charge in [-0.05, 0) is 19.1 Å². The first-order chi connectivity index (χ1) is 8.20. The second kappa shape index (κ2) is 4.75. The molecule has 0 bridgehead atoms. The molecule has 0 aromatic heterocycles. The number of halogens is 3. The lowest BCUT2D eigenvalue weighted by Crippen LogP contribution is -2.58. The predicted molar refractivity (Wildman–Crippen MR) is 60.3 cm³/mol. The van der Waals surface area contributed by atoms with Gasteiger partial charge in [0, 0.05) is 11.8 Å². The second-order valence-electron chi connectivity index (χ2n) is 3.84. The number of hydrogen-bond acceptors (Lipinski definition) is 3. The van der Waals surface area contributed by atoms with Crippen LogP contribution in [0.5, 0.6) is 5.75 Å². The van der Waals surface area contributed by atoms with Gasteiger partial charge in [0.05, 0.1) is 7.11 Å². The quantitative estimate of drug-likeness (QED) is 0.871. The summed E-state index contributed by atoms with van der Waals surface area (Å²) < 4.78 is 43.4. The van der Waals surface area contributed by atoms with E-state index in [-0.39, 0.29) is 5.69 Å². The van der Waals surface area contributed by atoms with Crippen molar-refractivity contribution in [1.29, 1.82) is 0 Å². The Bertz CT molecular complexity index is 448. The molecule has 0 saturated heterocycles. The van der Waals surface area contributed by atoms with Crippen molar-refractivity contribution >= 4 is 11.6 Å². The van der Waals surface area contributed by atoms with E-state index in [9.17, 15) is 18.0 Å². The summed E-state index contributed by atoms with van der Waals surface area (Å²) in [5.74, 6) is -1.13. The molecule has 4 nitrogen and oxygen atoms in total. The average Bonchev–Trinajstić information content (AvgIpc) is 2.27. The molecule has 0 saturated carbocycles. The molecule has 0 heterocycles. The molecule has 0 radical (unpaired) electrons. The van der Waals surface area contributed by atoms with Gasteiger partial charge in [-0.3, -0.25) is 4.79 Å². The second-order valence-corrected chi connectivity index (χ2v) is 3.84. The highest BCUT2D eigenvalue weighted by Gasteiger charge is 2.56. The van der Waals surface area contributed by atoms with E-state index in [0.29, 0.717) is 12.7 Å². The van der Waals surface area contributed by atoms with Crippen LogP contribution >= 0.6 is 0 Å². The van der Waals surface area contributed by atoms with Gasteiger partial charge in [0.2, 0.25) is 5.54 Å². The van der Waals surface area contributed by atoms with E-state index in [1.807, 2.05) is 0 Å². The van der Waals surface area contributed by atoms with E-state index < -0.39 is 17.6 Å². The number of benzene rings is 1. The number of carbonyl (C=O) groups excluding carboxylic acids is 1. The van der Waals surface area contributed by atoms with E-state index in [1.54, 1.807) is 6.07 Å². The topological polar surface area (TPSA) is 64.3 Å². The minimum absolute atomic E-state index is 0.0907. The zero-order valence-electron chi connectivity index (χ0n) is 9.84. The van der Waals surface area contributed by atoms with Gasteiger partial charge in [-0.1, -0.05) is 6.07 Å². The van der Waals surface area contributed by atoms with Crippen molar-refractivity contribution < 1.29 is 22.7 Å². The summed E-state index contributed by atoms with van der Waals surface area (Å²) in [6.45, 7) is 0.689. The lowest BCUT2D eigenvalue weighted by Gasteiger charge is -2.30. The Labute approximate surface area is 102 Å². The Morgan fingerprint density at radius 1 is 1.39 bits per heavy atom. The van der Waals surface area contributed by atoms with Crippen LogP contribution in [0.4, 0.5) is 18.9 Å². The largest absolute Gasteiger partial charge is 0.497 e. The number of ether oxygens (including phenoxy) is 1. The Hall–Kier alpha value is -1.92. The fourth-order valence-electron chi connectivity index (χ4n) is 1.26. The van der Waals surface area contributed by atoms with Crippen LogP contribution < -0.4 is 15.8 Å². The summed E-state index contributed by atoms with van der Waals surface area (Å²) in [7, 11) is 1.39. The van der Waals surface area contributed by atoms with Crippen molar-refractivity contribution in [2.45, 2.75) is 18.6 Å². The van der Waals surface area contributed by atoms with E-state index in [2.05, 4.69) is 5.32 Å². The van der Waals surface area contributed by atoms with E-state index >= 15 is 0 Å². The number of rotatable bonds is 4. The molecule has 0 aliphatic rings. The first-order valence-electron chi connectivity index (χ1n) is 4.99. The van der Waals surface area contributed by atoms with Crippen molar-refractivity contribution in [3.63, 3.8) is 0 Å². The molecule has 18 heavy (non-hydrogen) atoms. The maximum Gasteiger partial charge on any atom is 0.420 e. The molecule has 1 aromatic rings. The summed E-state index contributed by atoms with van der Waals surface area (Å²) in [6, 6.07) is 5.79. The molecule has 7 heteroatoms. The summed E-state index contributed by atoms with van der Waals surface area (Å²) in [4.78, 5) is 11.0. The Balaban J connectivity index is 3.08. The molecule has 1 atom stereocenters. The number of methoxy groups -OCH3 is 1. The standard InChI is InChI=1S/C11H13F3N2O2/c1-10(9(15)17,11(12,13)14)16-7-4-3-5-8(6-7)18-2/h3-6,16H,1-2H3,(H2,15,17). The molecule has 0 spiro atoms. The minimum Gasteiger partial charge on any atom is -0.497 e. The number of nitrogens with one attached hydrogen (secondary N) is 1. The zero-order valence-corrected chi connectivity index (χ0v) is 9.84. The van der Waals surface area contributed by atoms with Crippen LogP contribution in [0.3, 0.4) is 0 Å². The Morgan fingerprint density at radius 2 is 2.00 bits per heavy atom. The minimum atomic E-state index is -4.80. The maximum absolute atomic E-state index is 12.8. The average molecular weight is 262 g/mol. The maximum atomic E-state index is 12.8. The molecule has 0 aliphatic heterocycles. The Morgan fingerprint density at radius 3 is 2.44 bits per heavy atom. The lowest BCUT2D eigenvalue weighted by molar-refractivity contribution is -0.180. The molecule has 1 unspecified atom stereocenters. The van der Waals surface area contributed by atoms with Gasteiger partial charge < -0.3 is 15.8 Å². The summed E-state index contributed by atoms with van der Waals surface area (Å²) in [5, 5.41) is 2.09. The van der Waals surface area contributed by atoms with Crippen molar-refractivity contribution in [1.82, 2.24) is 0 Å². The van der Waals surface area contributed by atoms with E-state index in [4.69, 9.17) is 10.5 Å². The van der Waals surface area contributed by atoms with E-state index in [1.165, 1.54) is 25.3 Å². The fraction of sp³-hybridized carbons (Fsp3) is 0.364. The van der Waals surface area contributed by atoms with Crippen molar-refractivity contribution in [3.8, 4) is 5.75 Å². The third kappa shape index (κ3) is 2.66. The van der Waals surface area contributed by atoms with Gasteiger partial charge >= 0.3 is 6.18 Å². The van der Waals surface area contributed by atoms with Gasteiger partial charge in [-0.25, -0.2) is 0 Å². The number of carbonyl (C=O) groups is 1. The van der Waals surface area contributed by atoms with Crippen molar-refractivity contribution in [2.75, 3.05) is 12.4 Å². The molecule has 100 valence electrons.